The fourth-order valence-corrected chi connectivity index (χ4v) is 3.54. The molecule has 0 aliphatic carbocycles. The van der Waals surface area contributed by atoms with E-state index in [0.29, 0.717) is 0 Å². The largest absolute Gasteiger partial charge is 0.372 e. The van der Waals surface area contributed by atoms with Crippen molar-refractivity contribution in [1.29, 1.82) is 0 Å². The molecule has 0 saturated carbocycles. The summed E-state index contributed by atoms with van der Waals surface area (Å²) in [6.45, 7) is 8.23. The smallest absolute Gasteiger partial charge is 0.0367 e. The number of hydrogen-bond donors (Lipinski definition) is 1. The van der Waals surface area contributed by atoms with Crippen molar-refractivity contribution in [2.45, 2.75) is 45.1 Å². The fourth-order valence-electron chi connectivity index (χ4n) is 3.54. The molecule has 0 aromatic heterocycles. The third kappa shape index (κ3) is 3.70. The van der Waals surface area contributed by atoms with E-state index in [9.17, 15) is 0 Å². The number of hydrogen-bond acceptors (Lipinski definition) is 3. The van der Waals surface area contributed by atoms with E-state index in [1.165, 1.54) is 69.7 Å². The van der Waals surface area contributed by atoms with Crippen molar-refractivity contribution >= 4 is 11.4 Å². The van der Waals surface area contributed by atoms with Crippen LogP contribution in [0.25, 0.3) is 0 Å². The second-order valence-electron chi connectivity index (χ2n) is 6.43. The molecule has 0 unspecified atom stereocenters. The molecule has 1 aromatic rings. The van der Waals surface area contributed by atoms with Crippen LogP contribution in [0.5, 0.6) is 0 Å². The van der Waals surface area contributed by atoms with Crippen LogP contribution < -0.4 is 15.1 Å². The zero-order valence-corrected chi connectivity index (χ0v) is 13.4. The van der Waals surface area contributed by atoms with Gasteiger partial charge in [-0.15, -0.1) is 0 Å². The third-order valence-corrected chi connectivity index (χ3v) is 4.86. The first kappa shape index (κ1) is 14.7. The Morgan fingerprint density at radius 3 is 1.95 bits per heavy atom. The van der Waals surface area contributed by atoms with Crippen LogP contribution in [0.2, 0.25) is 0 Å². The summed E-state index contributed by atoms with van der Waals surface area (Å²) in [5.41, 5.74) is 2.79. The van der Waals surface area contributed by atoms with Crippen molar-refractivity contribution in [2.24, 2.45) is 0 Å². The molecule has 116 valence electrons. The van der Waals surface area contributed by atoms with Crippen LogP contribution in [0, 0.1) is 0 Å². The van der Waals surface area contributed by atoms with Crippen molar-refractivity contribution in [3.63, 3.8) is 0 Å². The molecule has 0 amide bonds. The Labute approximate surface area is 129 Å². The van der Waals surface area contributed by atoms with Gasteiger partial charge in [0.2, 0.25) is 0 Å². The summed E-state index contributed by atoms with van der Waals surface area (Å²) in [7, 11) is 0. The van der Waals surface area contributed by atoms with Crippen LogP contribution in [0.15, 0.2) is 24.3 Å². The number of nitrogens with one attached hydrogen (secondary N) is 1. The topological polar surface area (TPSA) is 18.5 Å². The van der Waals surface area contributed by atoms with Crippen LogP contribution in [0.4, 0.5) is 11.4 Å². The van der Waals surface area contributed by atoms with Gasteiger partial charge in [-0.25, -0.2) is 0 Å². The normalized spacial score (nSPS) is 20.2. The molecule has 1 N–H and O–H groups in total. The highest BCUT2D eigenvalue weighted by Gasteiger charge is 2.19. The van der Waals surface area contributed by atoms with Crippen molar-refractivity contribution in [1.82, 2.24) is 5.32 Å². The Bertz CT molecular complexity index is 415. The summed E-state index contributed by atoms with van der Waals surface area (Å²) >= 11 is 0. The van der Waals surface area contributed by atoms with Crippen LogP contribution in [0.3, 0.4) is 0 Å². The summed E-state index contributed by atoms with van der Waals surface area (Å²) in [6, 6.07) is 9.97. The van der Waals surface area contributed by atoms with Gasteiger partial charge in [-0.05, 0) is 62.9 Å². The predicted octanol–water partition coefficient (Wildman–Crippen LogP) is 3.26. The van der Waals surface area contributed by atoms with E-state index >= 15 is 0 Å². The zero-order valence-electron chi connectivity index (χ0n) is 13.4. The van der Waals surface area contributed by atoms with Crippen molar-refractivity contribution in [2.75, 3.05) is 42.5 Å². The molecule has 3 nitrogen and oxygen atoms in total. The minimum Gasteiger partial charge on any atom is -0.372 e. The number of anilines is 2. The van der Waals surface area contributed by atoms with E-state index in [1.54, 1.807) is 0 Å². The van der Waals surface area contributed by atoms with Crippen LogP contribution in [-0.2, 0) is 0 Å². The Morgan fingerprint density at radius 2 is 1.43 bits per heavy atom. The van der Waals surface area contributed by atoms with Crippen molar-refractivity contribution < 1.29 is 0 Å². The second kappa shape index (κ2) is 7.17. The lowest BCUT2D eigenvalue weighted by Crippen LogP contribution is -2.42. The molecule has 21 heavy (non-hydrogen) atoms. The number of piperidine rings is 1. The number of rotatable bonds is 5. The number of nitrogens with zero attached hydrogens (tertiary/aromatic N) is 2. The molecule has 1 aromatic carbocycles. The predicted molar refractivity (Wildman–Crippen MR) is 91.4 cm³/mol. The van der Waals surface area contributed by atoms with E-state index in [-0.39, 0.29) is 0 Å². The van der Waals surface area contributed by atoms with E-state index in [2.05, 4.69) is 46.3 Å². The van der Waals surface area contributed by atoms with E-state index in [4.69, 9.17) is 0 Å². The molecule has 3 rings (SSSR count). The number of benzene rings is 1. The first-order valence-electron chi connectivity index (χ1n) is 8.70. The van der Waals surface area contributed by atoms with Gasteiger partial charge in [0.25, 0.3) is 0 Å². The first-order valence-corrected chi connectivity index (χ1v) is 8.70. The maximum Gasteiger partial charge on any atom is 0.0367 e. The van der Waals surface area contributed by atoms with E-state index in [1.807, 2.05) is 0 Å². The molecule has 2 heterocycles. The third-order valence-electron chi connectivity index (χ3n) is 4.86. The van der Waals surface area contributed by atoms with Crippen LogP contribution in [0.1, 0.15) is 39.0 Å². The Morgan fingerprint density at radius 1 is 0.905 bits per heavy atom. The Hall–Kier alpha value is -1.22. The molecule has 2 fully saturated rings. The van der Waals surface area contributed by atoms with E-state index < -0.39 is 0 Å². The highest BCUT2D eigenvalue weighted by atomic mass is 15.2. The van der Waals surface area contributed by atoms with Gasteiger partial charge >= 0.3 is 0 Å². The monoisotopic (exact) mass is 287 g/mol. The standard InChI is InChI=1S/C18H29N3/c1-2-11-19-16-9-14-21(15-10-16)18-7-5-17(6-8-18)20-12-3-4-13-20/h5-8,16,19H,2-4,9-15H2,1H3. The molecule has 0 radical (unpaired) electrons. The van der Waals surface area contributed by atoms with Gasteiger partial charge in [0.15, 0.2) is 0 Å². The first-order chi connectivity index (χ1) is 10.4. The lowest BCUT2D eigenvalue weighted by atomic mass is 10.0. The molecule has 3 heteroatoms. The molecule has 2 saturated heterocycles. The van der Waals surface area contributed by atoms with Crippen molar-refractivity contribution in [3.05, 3.63) is 24.3 Å². The lowest BCUT2D eigenvalue weighted by molar-refractivity contribution is 0.416. The summed E-state index contributed by atoms with van der Waals surface area (Å²) < 4.78 is 0. The van der Waals surface area contributed by atoms with Crippen LogP contribution >= 0.6 is 0 Å². The Balaban J connectivity index is 1.53. The molecular formula is C18H29N3. The van der Waals surface area contributed by atoms with Crippen LogP contribution in [-0.4, -0.2) is 38.8 Å². The quantitative estimate of drug-likeness (QED) is 0.897. The second-order valence-corrected chi connectivity index (χ2v) is 6.43. The zero-order chi connectivity index (χ0) is 14.5. The fraction of sp³-hybridized carbons (Fsp3) is 0.667. The van der Waals surface area contributed by atoms with Gasteiger partial charge in [-0.3, -0.25) is 0 Å². The maximum atomic E-state index is 3.66. The molecule has 0 spiro atoms. The maximum absolute atomic E-state index is 3.66. The average molecular weight is 287 g/mol. The minimum atomic E-state index is 0.727. The van der Waals surface area contributed by atoms with Crippen molar-refractivity contribution in [3.8, 4) is 0 Å². The van der Waals surface area contributed by atoms with Gasteiger partial charge < -0.3 is 15.1 Å². The molecule has 0 atom stereocenters. The molecule has 2 aliphatic heterocycles. The van der Waals surface area contributed by atoms with Gasteiger partial charge in [-0.1, -0.05) is 6.92 Å². The summed E-state index contributed by atoms with van der Waals surface area (Å²) in [4.78, 5) is 5.04. The minimum absolute atomic E-state index is 0.727. The SMILES string of the molecule is CCCNC1CCN(c2ccc(N3CCCC3)cc2)CC1. The summed E-state index contributed by atoms with van der Waals surface area (Å²) in [6.07, 6.45) is 6.47. The molecular weight excluding hydrogens is 258 g/mol. The molecule has 2 aliphatic rings. The van der Waals surface area contributed by atoms with Gasteiger partial charge in [-0.2, -0.15) is 0 Å². The average Bonchev–Trinajstić information content (AvgIpc) is 3.08. The highest BCUT2D eigenvalue weighted by Crippen LogP contribution is 2.25. The van der Waals surface area contributed by atoms with E-state index in [0.717, 1.165) is 12.6 Å². The Kier molecular flexibility index (Phi) is 5.02. The molecule has 0 bridgehead atoms. The van der Waals surface area contributed by atoms with Gasteiger partial charge in [0.1, 0.15) is 0 Å². The van der Waals surface area contributed by atoms with Gasteiger partial charge in [0, 0.05) is 43.6 Å². The lowest BCUT2D eigenvalue weighted by Gasteiger charge is -2.34. The summed E-state index contributed by atoms with van der Waals surface area (Å²) in [5.74, 6) is 0. The highest BCUT2D eigenvalue weighted by molar-refractivity contribution is 5.57. The summed E-state index contributed by atoms with van der Waals surface area (Å²) in [5, 5.41) is 3.66. The van der Waals surface area contributed by atoms with Gasteiger partial charge in [0.05, 0.1) is 0 Å².